The normalized spacial score (nSPS) is 14.8. The number of anilines is 1. The van der Waals surface area contributed by atoms with E-state index in [0.29, 0.717) is 18.8 Å². The van der Waals surface area contributed by atoms with Gasteiger partial charge in [-0.15, -0.1) is 0 Å². The molecule has 1 aliphatic heterocycles. The Hall–Kier alpha value is -2.02. The number of halogens is 2. The van der Waals surface area contributed by atoms with Gasteiger partial charge in [-0.1, -0.05) is 47.5 Å². The molecule has 1 saturated heterocycles. The van der Waals surface area contributed by atoms with E-state index in [-0.39, 0.29) is 27.3 Å². The van der Waals surface area contributed by atoms with Crippen LogP contribution in [0.1, 0.15) is 18.4 Å². The minimum Gasteiger partial charge on any atom is -0.342 e. The standard InChI is InChI=1S/C20H20Cl2N2O3S/c1-14-8-10-24(11-9-14)20(25)12-15-2-4-16(5-3-15)23-28(26,27)17-6-7-18(21)19(22)13-17/h2-7,13,23H,1,8-12H2. The Bertz CT molecular complexity index is 995. The Morgan fingerprint density at radius 2 is 1.68 bits per heavy atom. The van der Waals surface area contributed by atoms with Gasteiger partial charge in [0, 0.05) is 18.8 Å². The third kappa shape index (κ3) is 5.07. The Morgan fingerprint density at radius 3 is 2.29 bits per heavy atom. The fraction of sp³-hybridized carbons (Fsp3) is 0.250. The first-order valence-corrected chi connectivity index (χ1v) is 11.0. The van der Waals surface area contributed by atoms with Crippen molar-refractivity contribution in [3.8, 4) is 0 Å². The summed E-state index contributed by atoms with van der Waals surface area (Å²) in [7, 11) is -3.79. The highest BCUT2D eigenvalue weighted by molar-refractivity contribution is 7.92. The van der Waals surface area contributed by atoms with Crippen LogP contribution >= 0.6 is 23.2 Å². The van der Waals surface area contributed by atoms with E-state index in [2.05, 4.69) is 11.3 Å². The van der Waals surface area contributed by atoms with E-state index in [1.54, 1.807) is 24.3 Å². The summed E-state index contributed by atoms with van der Waals surface area (Å²) in [6, 6.07) is 10.9. The van der Waals surface area contributed by atoms with Gasteiger partial charge in [0.05, 0.1) is 21.4 Å². The van der Waals surface area contributed by atoms with Crippen LogP contribution in [0.4, 0.5) is 5.69 Å². The lowest BCUT2D eigenvalue weighted by Gasteiger charge is -2.28. The Labute approximate surface area is 175 Å². The van der Waals surface area contributed by atoms with Gasteiger partial charge < -0.3 is 4.90 Å². The third-order valence-corrected chi connectivity index (χ3v) is 6.70. The fourth-order valence-corrected chi connectivity index (χ4v) is 4.35. The number of carbonyl (C=O) groups is 1. The van der Waals surface area contributed by atoms with Crippen LogP contribution in [0.25, 0.3) is 0 Å². The molecule has 1 aliphatic rings. The maximum Gasteiger partial charge on any atom is 0.261 e. The number of sulfonamides is 1. The molecule has 5 nitrogen and oxygen atoms in total. The monoisotopic (exact) mass is 438 g/mol. The fourth-order valence-electron chi connectivity index (χ4n) is 2.91. The van der Waals surface area contributed by atoms with Gasteiger partial charge in [-0.05, 0) is 48.7 Å². The molecule has 0 saturated carbocycles. The molecule has 0 aromatic heterocycles. The van der Waals surface area contributed by atoms with Crippen LogP contribution in [0.3, 0.4) is 0 Å². The molecule has 1 fully saturated rings. The van der Waals surface area contributed by atoms with Crippen molar-refractivity contribution in [2.24, 2.45) is 0 Å². The number of benzene rings is 2. The molecule has 8 heteroatoms. The molecule has 0 unspecified atom stereocenters. The number of piperidine rings is 1. The maximum atomic E-state index is 12.5. The smallest absolute Gasteiger partial charge is 0.261 e. The number of carbonyl (C=O) groups excluding carboxylic acids is 1. The third-order valence-electron chi connectivity index (χ3n) is 4.59. The van der Waals surface area contributed by atoms with Gasteiger partial charge in [-0.2, -0.15) is 0 Å². The van der Waals surface area contributed by atoms with Crippen LogP contribution < -0.4 is 4.72 Å². The molecule has 1 heterocycles. The summed E-state index contributed by atoms with van der Waals surface area (Å²) in [5.74, 6) is 0.0663. The van der Waals surface area contributed by atoms with Crippen molar-refractivity contribution in [1.82, 2.24) is 4.90 Å². The second-order valence-electron chi connectivity index (χ2n) is 6.69. The van der Waals surface area contributed by atoms with Crippen LogP contribution in [0, 0.1) is 0 Å². The van der Waals surface area contributed by atoms with E-state index in [1.165, 1.54) is 23.8 Å². The van der Waals surface area contributed by atoms with Crippen LogP contribution in [0.15, 0.2) is 59.5 Å². The van der Waals surface area contributed by atoms with E-state index < -0.39 is 10.0 Å². The lowest BCUT2D eigenvalue weighted by Crippen LogP contribution is -2.37. The van der Waals surface area contributed by atoms with Gasteiger partial charge in [0.15, 0.2) is 0 Å². The molecule has 0 spiro atoms. The minimum absolute atomic E-state index is 0.0211. The zero-order valence-corrected chi connectivity index (χ0v) is 17.4. The minimum atomic E-state index is -3.79. The molecular weight excluding hydrogens is 419 g/mol. The summed E-state index contributed by atoms with van der Waals surface area (Å²) < 4.78 is 27.5. The molecule has 0 radical (unpaired) electrons. The highest BCUT2D eigenvalue weighted by Gasteiger charge is 2.19. The van der Waals surface area contributed by atoms with Crippen molar-refractivity contribution < 1.29 is 13.2 Å². The van der Waals surface area contributed by atoms with E-state index in [9.17, 15) is 13.2 Å². The van der Waals surface area contributed by atoms with Gasteiger partial charge in [-0.25, -0.2) is 8.42 Å². The molecule has 2 aromatic rings. The number of nitrogens with zero attached hydrogens (tertiary/aromatic N) is 1. The van der Waals surface area contributed by atoms with E-state index in [1.807, 2.05) is 4.90 Å². The summed E-state index contributed by atoms with van der Waals surface area (Å²) in [4.78, 5) is 14.3. The van der Waals surface area contributed by atoms with Crippen molar-refractivity contribution in [1.29, 1.82) is 0 Å². The van der Waals surface area contributed by atoms with Crippen LogP contribution in [-0.2, 0) is 21.2 Å². The van der Waals surface area contributed by atoms with Gasteiger partial charge >= 0.3 is 0 Å². The SMILES string of the molecule is C=C1CCN(C(=O)Cc2ccc(NS(=O)(=O)c3ccc(Cl)c(Cl)c3)cc2)CC1. The second kappa shape index (κ2) is 8.55. The molecule has 0 aliphatic carbocycles. The van der Waals surface area contributed by atoms with Gasteiger partial charge in [0.1, 0.15) is 0 Å². The molecule has 28 heavy (non-hydrogen) atoms. The molecule has 1 N–H and O–H groups in total. The van der Waals surface area contributed by atoms with Crippen molar-refractivity contribution in [2.45, 2.75) is 24.2 Å². The maximum absolute atomic E-state index is 12.5. The summed E-state index contributed by atoms with van der Waals surface area (Å²) in [6.07, 6.45) is 1.98. The predicted molar refractivity (Wildman–Crippen MR) is 112 cm³/mol. The summed E-state index contributed by atoms with van der Waals surface area (Å²) in [6.45, 7) is 5.37. The molecule has 1 amide bonds. The van der Waals surface area contributed by atoms with Crippen molar-refractivity contribution in [3.05, 3.63) is 70.2 Å². The number of hydrogen-bond donors (Lipinski definition) is 1. The summed E-state index contributed by atoms with van der Waals surface area (Å²) in [5.41, 5.74) is 2.41. The van der Waals surface area contributed by atoms with E-state index in [0.717, 1.165) is 18.4 Å². The number of amides is 1. The molecule has 2 aromatic carbocycles. The van der Waals surface area contributed by atoms with Gasteiger partial charge in [0.25, 0.3) is 10.0 Å². The topological polar surface area (TPSA) is 66.5 Å². The van der Waals surface area contributed by atoms with Crippen molar-refractivity contribution >= 4 is 44.8 Å². The molecule has 0 bridgehead atoms. The van der Waals surface area contributed by atoms with Crippen molar-refractivity contribution in [2.75, 3.05) is 17.8 Å². The Kier molecular flexibility index (Phi) is 6.33. The summed E-state index contributed by atoms with van der Waals surface area (Å²) in [5, 5.41) is 0.451. The average molecular weight is 439 g/mol. The zero-order valence-electron chi connectivity index (χ0n) is 15.1. The largest absolute Gasteiger partial charge is 0.342 e. The Balaban J connectivity index is 1.64. The first-order valence-electron chi connectivity index (χ1n) is 8.76. The second-order valence-corrected chi connectivity index (χ2v) is 9.18. The molecule has 148 valence electrons. The Morgan fingerprint density at radius 1 is 1.04 bits per heavy atom. The number of rotatable bonds is 5. The van der Waals surface area contributed by atoms with Gasteiger partial charge in [0.2, 0.25) is 5.91 Å². The summed E-state index contributed by atoms with van der Waals surface area (Å²) >= 11 is 11.7. The number of hydrogen-bond acceptors (Lipinski definition) is 3. The predicted octanol–water partition coefficient (Wildman–Crippen LogP) is 4.52. The van der Waals surface area contributed by atoms with Crippen LogP contribution in [-0.4, -0.2) is 32.3 Å². The highest BCUT2D eigenvalue weighted by Crippen LogP contribution is 2.26. The van der Waals surface area contributed by atoms with E-state index >= 15 is 0 Å². The van der Waals surface area contributed by atoms with Crippen LogP contribution in [0.2, 0.25) is 10.0 Å². The van der Waals surface area contributed by atoms with Gasteiger partial charge in [-0.3, -0.25) is 9.52 Å². The molecular formula is C20H20Cl2N2O3S. The average Bonchev–Trinajstić information content (AvgIpc) is 2.65. The van der Waals surface area contributed by atoms with E-state index in [4.69, 9.17) is 23.2 Å². The lowest BCUT2D eigenvalue weighted by molar-refractivity contribution is -0.130. The zero-order chi connectivity index (χ0) is 20.3. The van der Waals surface area contributed by atoms with Crippen molar-refractivity contribution in [3.63, 3.8) is 0 Å². The highest BCUT2D eigenvalue weighted by atomic mass is 35.5. The first-order chi connectivity index (χ1) is 13.2. The first kappa shape index (κ1) is 20.7. The number of nitrogens with one attached hydrogen (secondary N) is 1. The molecule has 0 atom stereocenters. The number of likely N-dealkylation sites (tertiary alicyclic amines) is 1. The quantitative estimate of drug-likeness (QED) is 0.697. The van der Waals surface area contributed by atoms with Crippen LogP contribution in [0.5, 0.6) is 0 Å². The lowest BCUT2D eigenvalue weighted by atomic mass is 10.0. The molecule has 3 rings (SSSR count).